The number of hydrogen-bond acceptors (Lipinski definition) is 6. The van der Waals surface area contributed by atoms with Gasteiger partial charge in [-0.2, -0.15) is 0 Å². The van der Waals surface area contributed by atoms with Gasteiger partial charge in [0.1, 0.15) is 5.52 Å². The van der Waals surface area contributed by atoms with E-state index in [2.05, 4.69) is 15.2 Å². The molecular weight excluding hydrogens is 334 g/mol. The first-order chi connectivity index (χ1) is 10.9. The van der Waals surface area contributed by atoms with Gasteiger partial charge in [-0.25, -0.2) is 13.4 Å². The fraction of sp³-hybridized carbons (Fsp3) is 0.467. The number of anilines is 1. The summed E-state index contributed by atoms with van der Waals surface area (Å²) < 4.78 is 24.7. The number of benzene rings is 1. The molecule has 6 nitrogen and oxygen atoms in total. The van der Waals surface area contributed by atoms with Crippen molar-refractivity contribution in [2.24, 2.45) is 5.92 Å². The van der Waals surface area contributed by atoms with Gasteiger partial charge in [-0.05, 0) is 25.0 Å². The van der Waals surface area contributed by atoms with E-state index >= 15 is 0 Å². The summed E-state index contributed by atoms with van der Waals surface area (Å²) in [6, 6.07) is 5.21. The summed E-state index contributed by atoms with van der Waals surface area (Å²) in [6.45, 7) is 1.45. The van der Waals surface area contributed by atoms with Crippen LogP contribution in [0.15, 0.2) is 23.1 Å². The molecule has 0 spiro atoms. The average molecular weight is 353 g/mol. The van der Waals surface area contributed by atoms with Gasteiger partial charge in [0.05, 0.1) is 15.5 Å². The van der Waals surface area contributed by atoms with E-state index in [0.717, 1.165) is 29.2 Å². The molecule has 0 aliphatic carbocycles. The van der Waals surface area contributed by atoms with Gasteiger partial charge in [-0.1, -0.05) is 17.4 Å². The van der Waals surface area contributed by atoms with Crippen molar-refractivity contribution >= 4 is 42.4 Å². The molecule has 2 heterocycles. The number of aromatic nitrogens is 1. The summed E-state index contributed by atoms with van der Waals surface area (Å²) in [5.41, 5.74) is 0.525. The van der Waals surface area contributed by atoms with Crippen LogP contribution in [0.4, 0.5) is 5.13 Å². The van der Waals surface area contributed by atoms with Gasteiger partial charge in [-0.15, -0.1) is 0 Å². The molecule has 1 aromatic carbocycles. The third kappa shape index (κ3) is 3.18. The lowest BCUT2D eigenvalue weighted by atomic mass is 9.98. The maximum Gasteiger partial charge on any atom is 0.224 e. The highest BCUT2D eigenvalue weighted by Gasteiger charge is 2.27. The summed E-state index contributed by atoms with van der Waals surface area (Å²) >= 11 is 1.47. The number of carbonyl (C=O) groups is 1. The van der Waals surface area contributed by atoms with Crippen molar-refractivity contribution < 1.29 is 13.2 Å². The number of para-hydroxylation sites is 1. The number of amides is 1. The van der Waals surface area contributed by atoms with Crippen LogP contribution >= 0.6 is 11.3 Å². The number of carbonyl (C=O) groups excluding carboxylic acids is 1. The zero-order chi connectivity index (χ0) is 16.6. The van der Waals surface area contributed by atoms with Crippen LogP contribution in [0, 0.1) is 5.92 Å². The van der Waals surface area contributed by atoms with Crippen molar-refractivity contribution in [1.29, 1.82) is 0 Å². The van der Waals surface area contributed by atoms with Gasteiger partial charge in [0.15, 0.2) is 15.0 Å². The van der Waals surface area contributed by atoms with Crippen molar-refractivity contribution in [3.05, 3.63) is 18.2 Å². The predicted octanol–water partition coefficient (Wildman–Crippen LogP) is 1.66. The molecule has 2 aromatic rings. The first-order valence-corrected chi connectivity index (χ1v) is 10.2. The summed E-state index contributed by atoms with van der Waals surface area (Å²) in [6.07, 6.45) is 2.99. The molecule has 3 rings (SSSR count). The number of nitrogens with one attached hydrogen (secondary N) is 1. The number of piperidine rings is 1. The molecule has 1 aliphatic rings. The van der Waals surface area contributed by atoms with Crippen molar-refractivity contribution in [2.75, 3.05) is 31.3 Å². The fourth-order valence-electron chi connectivity index (χ4n) is 2.92. The Morgan fingerprint density at radius 1 is 1.43 bits per heavy atom. The smallest absolute Gasteiger partial charge is 0.224 e. The lowest BCUT2D eigenvalue weighted by molar-refractivity contribution is -0.124. The molecule has 8 heteroatoms. The number of sulfone groups is 1. The molecular formula is C15H19N3O3S2. The highest BCUT2D eigenvalue weighted by molar-refractivity contribution is 7.91. The van der Waals surface area contributed by atoms with E-state index in [0.29, 0.717) is 12.1 Å². The molecule has 1 saturated heterocycles. The molecule has 23 heavy (non-hydrogen) atoms. The van der Waals surface area contributed by atoms with Crippen LogP contribution in [0.2, 0.25) is 0 Å². The first kappa shape index (κ1) is 16.2. The summed E-state index contributed by atoms with van der Waals surface area (Å²) in [4.78, 5) is 18.8. The minimum Gasteiger partial charge on any atom is -0.359 e. The topological polar surface area (TPSA) is 79.4 Å². The van der Waals surface area contributed by atoms with Gasteiger partial charge < -0.3 is 10.2 Å². The van der Waals surface area contributed by atoms with Crippen LogP contribution in [0.5, 0.6) is 0 Å². The second-order valence-corrected chi connectivity index (χ2v) is 8.76. The Hall–Kier alpha value is -1.67. The first-order valence-electron chi connectivity index (χ1n) is 7.46. The van der Waals surface area contributed by atoms with Crippen molar-refractivity contribution in [3.8, 4) is 0 Å². The predicted molar refractivity (Wildman–Crippen MR) is 91.7 cm³/mol. The lowest BCUT2D eigenvalue weighted by Gasteiger charge is -2.31. The van der Waals surface area contributed by atoms with Crippen molar-refractivity contribution in [3.63, 3.8) is 0 Å². The van der Waals surface area contributed by atoms with Crippen LogP contribution in [-0.4, -0.2) is 45.7 Å². The zero-order valence-corrected chi connectivity index (χ0v) is 14.7. The van der Waals surface area contributed by atoms with Crippen LogP contribution in [0.1, 0.15) is 12.8 Å². The Bertz CT molecular complexity index is 845. The van der Waals surface area contributed by atoms with E-state index < -0.39 is 9.84 Å². The molecule has 1 aliphatic heterocycles. The van der Waals surface area contributed by atoms with Gasteiger partial charge in [0, 0.05) is 26.4 Å². The molecule has 1 N–H and O–H groups in total. The Morgan fingerprint density at radius 2 is 2.22 bits per heavy atom. The summed E-state index contributed by atoms with van der Waals surface area (Å²) in [5, 5.41) is 3.48. The molecule has 0 bridgehead atoms. The molecule has 1 unspecified atom stereocenters. The third-order valence-electron chi connectivity index (χ3n) is 4.08. The number of thiazole rings is 1. The molecule has 1 atom stereocenters. The lowest BCUT2D eigenvalue weighted by Crippen LogP contribution is -2.42. The summed E-state index contributed by atoms with van der Waals surface area (Å²) in [7, 11) is -1.66. The highest BCUT2D eigenvalue weighted by Crippen LogP contribution is 2.34. The van der Waals surface area contributed by atoms with E-state index in [1.54, 1.807) is 19.2 Å². The molecule has 1 aromatic heterocycles. The number of rotatable bonds is 3. The van der Waals surface area contributed by atoms with Crippen molar-refractivity contribution in [1.82, 2.24) is 10.3 Å². The summed E-state index contributed by atoms with van der Waals surface area (Å²) in [5.74, 6) is 0.00257. The van der Waals surface area contributed by atoms with Crippen LogP contribution < -0.4 is 10.2 Å². The molecule has 0 saturated carbocycles. The van der Waals surface area contributed by atoms with E-state index in [1.807, 2.05) is 6.07 Å². The molecule has 1 fully saturated rings. The Labute approximate surface area is 139 Å². The van der Waals surface area contributed by atoms with Gasteiger partial charge in [0.25, 0.3) is 0 Å². The number of hydrogen-bond donors (Lipinski definition) is 1. The highest BCUT2D eigenvalue weighted by atomic mass is 32.2. The number of nitrogens with zero attached hydrogens (tertiary/aromatic N) is 2. The quantitative estimate of drug-likeness (QED) is 0.908. The van der Waals surface area contributed by atoms with E-state index in [-0.39, 0.29) is 16.7 Å². The maximum atomic E-state index is 11.9. The average Bonchev–Trinajstić information content (AvgIpc) is 2.97. The van der Waals surface area contributed by atoms with Crippen LogP contribution in [0.25, 0.3) is 10.2 Å². The largest absolute Gasteiger partial charge is 0.359 e. The Morgan fingerprint density at radius 3 is 2.91 bits per heavy atom. The second kappa shape index (κ2) is 6.09. The molecule has 124 valence electrons. The second-order valence-electron chi connectivity index (χ2n) is 5.77. The molecule has 1 amide bonds. The Balaban J connectivity index is 1.96. The SMILES string of the molecule is CNC(=O)C1CCCN(c2nc3c(S(C)(=O)=O)cccc3s2)C1. The van der Waals surface area contributed by atoms with Gasteiger partial charge in [-0.3, -0.25) is 4.79 Å². The minimum atomic E-state index is -3.31. The number of fused-ring (bicyclic) bond motifs is 1. The van der Waals surface area contributed by atoms with Gasteiger partial charge >= 0.3 is 0 Å². The van der Waals surface area contributed by atoms with Crippen LogP contribution in [-0.2, 0) is 14.6 Å². The minimum absolute atomic E-state index is 0.0462. The van der Waals surface area contributed by atoms with E-state index in [4.69, 9.17) is 0 Å². The standard InChI is InChI=1S/C15H19N3O3S2/c1-16-14(19)10-5-4-8-18(9-10)15-17-13-11(22-15)6-3-7-12(13)23(2,20)21/h3,6-7,10H,4-5,8-9H2,1-2H3,(H,16,19). The van der Waals surface area contributed by atoms with E-state index in [1.165, 1.54) is 17.6 Å². The monoisotopic (exact) mass is 353 g/mol. The normalized spacial score (nSPS) is 19.0. The maximum absolute atomic E-state index is 11.9. The van der Waals surface area contributed by atoms with Gasteiger partial charge in [0.2, 0.25) is 5.91 Å². The van der Waals surface area contributed by atoms with Crippen molar-refractivity contribution in [2.45, 2.75) is 17.7 Å². The zero-order valence-electron chi connectivity index (χ0n) is 13.1. The fourth-order valence-corrected chi connectivity index (χ4v) is 4.84. The molecule has 0 radical (unpaired) electrons. The Kier molecular flexibility index (Phi) is 4.29. The van der Waals surface area contributed by atoms with Crippen LogP contribution in [0.3, 0.4) is 0 Å². The third-order valence-corrected chi connectivity index (χ3v) is 6.29. The van der Waals surface area contributed by atoms with E-state index in [9.17, 15) is 13.2 Å².